The minimum Gasteiger partial charge on any atom is -0.381 e. The monoisotopic (exact) mass is 323 g/mol. The lowest BCUT2D eigenvalue weighted by molar-refractivity contribution is -0.135. The van der Waals surface area contributed by atoms with Gasteiger partial charge in [0.05, 0.1) is 6.10 Å². The van der Waals surface area contributed by atoms with Crippen molar-refractivity contribution in [2.45, 2.75) is 37.5 Å². The predicted molar refractivity (Wildman–Crippen MR) is 85.5 cm³/mol. The van der Waals surface area contributed by atoms with Crippen LogP contribution in [0.2, 0.25) is 5.02 Å². The Morgan fingerprint density at radius 2 is 1.91 bits per heavy atom. The van der Waals surface area contributed by atoms with Crippen molar-refractivity contribution in [2.24, 2.45) is 0 Å². The third kappa shape index (κ3) is 3.43. The molecule has 0 saturated carbocycles. The second-order valence-corrected chi connectivity index (χ2v) is 6.38. The number of hydrogen-bond donors (Lipinski definition) is 2. The minimum atomic E-state index is -0.167. The van der Waals surface area contributed by atoms with E-state index in [1.807, 2.05) is 29.2 Å². The number of nitrogens with zero attached hydrogens (tertiary/aromatic N) is 1. The van der Waals surface area contributed by atoms with Crippen LogP contribution in [0.5, 0.6) is 0 Å². The summed E-state index contributed by atoms with van der Waals surface area (Å²) in [6.07, 6.45) is 2.89. The van der Waals surface area contributed by atoms with Gasteiger partial charge in [-0.2, -0.15) is 0 Å². The van der Waals surface area contributed by atoms with E-state index in [4.69, 9.17) is 16.3 Å². The van der Waals surface area contributed by atoms with Gasteiger partial charge in [0.15, 0.2) is 0 Å². The summed E-state index contributed by atoms with van der Waals surface area (Å²) in [4.78, 5) is 14.5. The van der Waals surface area contributed by atoms with Crippen LogP contribution in [-0.4, -0.2) is 43.2 Å². The molecule has 22 heavy (non-hydrogen) atoms. The zero-order valence-corrected chi connectivity index (χ0v) is 13.5. The van der Waals surface area contributed by atoms with Gasteiger partial charge in [0, 0.05) is 31.3 Å². The molecule has 2 saturated heterocycles. The van der Waals surface area contributed by atoms with E-state index in [1.165, 1.54) is 0 Å². The first-order valence-corrected chi connectivity index (χ1v) is 8.13. The van der Waals surface area contributed by atoms with Crippen LogP contribution < -0.4 is 10.9 Å². The Balaban J connectivity index is 1.56. The van der Waals surface area contributed by atoms with Crippen molar-refractivity contribution in [3.63, 3.8) is 0 Å². The molecule has 0 aromatic heterocycles. The Hall–Kier alpha value is -1.14. The van der Waals surface area contributed by atoms with Gasteiger partial charge < -0.3 is 9.64 Å². The number of benzene rings is 1. The third-order valence-corrected chi connectivity index (χ3v) is 4.81. The van der Waals surface area contributed by atoms with Crippen LogP contribution in [0.25, 0.3) is 0 Å². The highest BCUT2D eigenvalue weighted by molar-refractivity contribution is 6.30. The number of hydrazine groups is 1. The third-order valence-electron chi connectivity index (χ3n) is 4.56. The summed E-state index contributed by atoms with van der Waals surface area (Å²) < 4.78 is 5.35. The molecule has 2 aliphatic heterocycles. The SMILES string of the molecule is COC1CCN(C(=O)C2CC(c3ccc(Cl)cc3)NN2)CC1. The molecular weight excluding hydrogens is 302 g/mol. The number of nitrogens with one attached hydrogen (secondary N) is 2. The fourth-order valence-electron chi connectivity index (χ4n) is 3.16. The van der Waals surface area contributed by atoms with Crippen molar-refractivity contribution in [1.82, 2.24) is 15.8 Å². The molecular formula is C16H22ClN3O2. The molecule has 2 fully saturated rings. The van der Waals surface area contributed by atoms with E-state index < -0.39 is 0 Å². The van der Waals surface area contributed by atoms with Crippen LogP contribution in [0.3, 0.4) is 0 Å². The predicted octanol–water partition coefficient (Wildman–Crippen LogP) is 1.89. The van der Waals surface area contributed by atoms with E-state index in [1.54, 1.807) is 7.11 Å². The Morgan fingerprint density at radius 1 is 1.23 bits per heavy atom. The molecule has 2 N–H and O–H groups in total. The number of carbonyl (C=O) groups is 1. The maximum Gasteiger partial charge on any atom is 0.241 e. The summed E-state index contributed by atoms with van der Waals surface area (Å²) in [6.45, 7) is 1.56. The average molecular weight is 324 g/mol. The summed E-state index contributed by atoms with van der Waals surface area (Å²) in [6, 6.07) is 7.73. The minimum absolute atomic E-state index is 0.141. The molecule has 1 aromatic carbocycles. The number of methoxy groups -OCH3 is 1. The highest BCUT2D eigenvalue weighted by Gasteiger charge is 2.34. The molecule has 2 aliphatic rings. The number of carbonyl (C=O) groups excluding carboxylic acids is 1. The van der Waals surface area contributed by atoms with E-state index in [2.05, 4.69) is 10.9 Å². The smallest absolute Gasteiger partial charge is 0.241 e. The number of ether oxygens (including phenoxy) is 1. The van der Waals surface area contributed by atoms with Crippen LogP contribution in [0.4, 0.5) is 0 Å². The van der Waals surface area contributed by atoms with E-state index in [9.17, 15) is 4.79 Å². The molecule has 2 unspecified atom stereocenters. The zero-order valence-electron chi connectivity index (χ0n) is 12.7. The lowest BCUT2D eigenvalue weighted by Crippen LogP contribution is -2.49. The summed E-state index contributed by atoms with van der Waals surface area (Å²) in [5.41, 5.74) is 7.50. The van der Waals surface area contributed by atoms with Gasteiger partial charge in [0.25, 0.3) is 0 Å². The molecule has 1 aromatic rings. The van der Waals surface area contributed by atoms with E-state index in [-0.39, 0.29) is 18.0 Å². The number of likely N-dealkylation sites (tertiary alicyclic amines) is 1. The fourth-order valence-corrected chi connectivity index (χ4v) is 3.29. The molecule has 0 spiro atoms. The summed E-state index contributed by atoms with van der Waals surface area (Å²) in [5, 5.41) is 0.725. The van der Waals surface area contributed by atoms with Gasteiger partial charge >= 0.3 is 0 Å². The first kappa shape index (κ1) is 15.7. The molecule has 5 nitrogen and oxygen atoms in total. The number of piperidine rings is 1. The Labute approximate surface area is 135 Å². The normalized spacial score (nSPS) is 26.4. The molecule has 2 atom stereocenters. The lowest BCUT2D eigenvalue weighted by Gasteiger charge is -2.32. The lowest BCUT2D eigenvalue weighted by atomic mass is 10.0. The van der Waals surface area contributed by atoms with Crippen molar-refractivity contribution < 1.29 is 9.53 Å². The highest BCUT2D eigenvalue weighted by atomic mass is 35.5. The maximum atomic E-state index is 12.6. The zero-order chi connectivity index (χ0) is 15.5. The van der Waals surface area contributed by atoms with Crippen molar-refractivity contribution >= 4 is 17.5 Å². The summed E-state index contributed by atoms with van der Waals surface area (Å²) in [7, 11) is 1.74. The fraction of sp³-hybridized carbons (Fsp3) is 0.562. The van der Waals surface area contributed by atoms with Crippen LogP contribution in [0.1, 0.15) is 30.9 Å². The molecule has 120 valence electrons. The van der Waals surface area contributed by atoms with Gasteiger partial charge in [-0.25, -0.2) is 10.9 Å². The quantitative estimate of drug-likeness (QED) is 0.892. The van der Waals surface area contributed by atoms with Gasteiger partial charge in [-0.1, -0.05) is 23.7 Å². The van der Waals surface area contributed by atoms with Crippen molar-refractivity contribution in [1.29, 1.82) is 0 Å². The Kier molecular flexibility index (Phi) is 4.98. The van der Waals surface area contributed by atoms with Crippen molar-refractivity contribution in [2.75, 3.05) is 20.2 Å². The Morgan fingerprint density at radius 3 is 2.55 bits per heavy atom. The Bertz CT molecular complexity index is 515. The summed E-state index contributed by atoms with van der Waals surface area (Å²) in [5.74, 6) is 0.179. The van der Waals surface area contributed by atoms with Gasteiger partial charge in [-0.3, -0.25) is 4.79 Å². The molecule has 3 rings (SSSR count). The van der Waals surface area contributed by atoms with Crippen LogP contribution in [0, 0.1) is 0 Å². The largest absolute Gasteiger partial charge is 0.381 e. The van der Waals surface area contributed by atoms with Crippen LogP contribution in [0.15, 0.2) is 24.3 Å². The van der Waals surface area contributed by atoms with Gasteiger partial charge in [-0.15, -0.1) is 0 Å². The number of halogens is 1. The second-order valence-electron chi connectivity index (χ2n) is 5.94. The van der Waals surface area contributed by atoms with Gasteiger partial charge in [-0.05, 0) is 37.0 Å². The first-order valence-electron chi connectivity index (χ1n) is 7.75. The van der Waals surface area contributed by atoms with Crippen LogP contribution >= 0.6 is 11.6 Å². The number of hydrogen-bond acceptors (Lipinski definition) is 4. The number of amides is 1. The van der Waals surface area contributed by atoms with Crippen molar-refractivity contribution in [3.05, 3.63) is 34.9 Å². The maximum absolute atomic E-state index is 12.6. The van der Waals surface area contributed by atoms with Crippen molar-refractivity contribution in [3.8, 4) is 0 Å². The van der Waals surface area contributed by atoms with Gasteiger partial charge in [0.1, 0.15) is 6.04 Å². The standard InChI is InChI=1S/C16H22ClN3O2/c1-22-13-6-8-20(9-7-13)16(21)15-10-14(18-19-15)11-2-4-12(17)5-3-11/h2-5,13-15,18-19H,6-10H2,1H3. The second kappa shape index (κ2) is 6.96. The molecule has 6 heteroatoms. The molecule has 2 heterocycles. The van der Waals surface area contributed by atoms with Crippen LogP contribution in [-0.2, 0) is 9.53 Å². The molecule has 0 radical (unpaired) electrons. The summed E-state index contributed by atoms with van der Waals surface area (Å²) >= 11 is 5.92. The molecule has 0 aliphatic carbocycles. The van der Waals surface area contributed by atoms with Gasteiger partial charge in [0.2, 0.25) is 5.91 Å². The topological polar surface area (TPSA) is 53.6 Å². The first-order chi connectivity index (χ1) is 10.7. The van der Waals surface area contributed by atoms with E-state index in [0.717, 1.165) is 42.9 Å². The van der Waals surface area contributed by atoms with E-state index >= 15 is 0 Å². The number of rotatable bonds is 3. The highest BCUT2D eigenvalue weighted by Crippen LogP contribution is 2.25. The molecule has 0 bridgehead atoms. The van der Waals surface area contributed by atoms with E-state index in [0.29, 0.717) is 6.10 Å². The average Bonchev–Trinajstić information content (AvgIpc) is 3.05. The molecule has 1 amide bonds.